The van der Waals surface area contributed by atoms with Crippen LogP contribution in [0.15, 0.2) is 15.3 Å². The fourth-order valence-corrected chi connectivity index (χ4v) is 8.76. The Morgan fingerprint density at radius 1 is 0.385 bits per heavy atom. The summed E-state index contributed by atoms with van der Waals surface area (Å²) in [5, 5.41) is 14.2. The smallest absolute Gasteiger partial charge is 0.416 e. The highest BCUT2D eigenvalue weighted by Gasteiger charge is 2.33. The molecule has 532 valence electrons. The van der Waals surface area contributed by atoms with Crippen molar-refractivity contribution in [3.63, 3.8) is 0 Å². The van der Waals surface area contributed by atoms with Gasteiger partial charge in [0.25, 0.3) is 0 Å². The van der Waals surface area contributed by atoms with Crippen LogP contribution in [-0.2, 0) is 57.5 Å². The maximum absolute atomic E-state index is 11.2. The Morgan fingerprint density at radius 2 is 0.791 bits per heavy atom. The number of hydrogen-bond donors (Lipinski definition) is 2. The van der Waals surface area contributed by atoms with Gasteiger partial charge in [-0.05, 0) is 124 Å². The topological polar surface area (TPSA) is 318 Å². The van der Waals surface area contributed by atoms with Gasteiger partial charge in [0.05, 0.1) is 44.9 Å². The molecule has 0 aromatic rings. The quantitative estimate of drug-likeness (QED) is 0.214. The zero-order chi connectivity index (χ0) is 63.4. The Labute approximate surface area is 548 Å². The predicted octanol–water partition coefficient (Wildman–Crippen LogP) is 9.69. The summed E-state index contributed by atoms with van der Waals surface area (Å²) in [6.07, 6.45) is 7.31. The zero-order valence-corrected chi connectivity index (χ0v) is 52.1. The number of nitrogens with zero attached hydrogens (tertiary/aromatic N) is 11. The lowest BCUT2D eigenvalue weighted by atomic mass is 10.1. The molecule has 6 saturated heterocycles. The van der Waals surface area contributed by atoms with Crippen LogP contribution in [0.3, 0.4) is 0 Å². The van der Waals surface area contributed by atoms with Crippen LogP contribution in [-0.4, -0.2) is 217 Å². The van der Waals surface area contributed by atoms with Gasteiger partial charge in [-0.15, -0.1) is 0 Å². The van der Waals surface area contributed by atoms with Crippen LogP contribution < -0.4 is 10.6 Å². The number of aliphatic imine (C=N–C) groups is 1. The number of carbonyl (C=O) groups excluding carboxylic acids is 13. The Balaban J connectivity index is -0.000000143. The van der Waals surface area contributed by atoms with Crippen molar-refractivity contribution in [3.05, 3.63) is 0 Å². The van der Waals surface area contributed by atoms with Gasteiger partial charge >= 0.3 is 12.1 Å². The van der Waals surface area contributed by atoms with Gasteiger partial charge in [-0.2, -0.15) is 5.11 Å². The first kappa shape index (κ1) is 100. The first-order valence-electron chi connectivity index (χ1n) is 28.9. The second kappa shape index (κ2) is 50.6. The second-order valence-corrected chi connectivity index (χ2v) is 22.3. The lowest BCUT2D eigenvalue weighted by Crippen LogP contribution is -2.54. The molecule has 14 amide bonds. The van der Waals surface area contributed by atoms with Gasteiger partial charge < -0.3 is 19.9 Å². The summed E-state index contributed by atoms with van der Waals surface area (Å²) >= 11 is 0. The summed E-state index contributed by atoms with van der Waals surface area (Å²) in [7, 11) is 0. The van der Waals surface area contributed by atoms with E-state index in [1.165, 1.54) is 24.6 Å². The second-order valence-electron chi connectivity index (χ2n) is 22.3. The molecule has 27 heteroatoms. The number of urea groups is 1. The van der Waals surface area contributed by atoms with Crippen LogP contribution in [0.4, 0.5) is 9.59 Å². The molecule has 8 heterocycles. The van der Waals surface area contributed by atoms with Gasteiger partial charge in [0, 0.05) is 107 Å². The van der Waals surface area contributed by atoms with Crippen LogP contribution >= 0.6 is 0 Å². The van der Waals surface area contributed by atoms with Crippen LogP contribution in [0, 0.1) is 0 Å². The molecule has 0 saturated carbocycles. The third-order valence-electron chi connectivity index (χ3n) is 12.8. The Morgan fingerprint density at radius 3 is 1.08 bits per heavy atom. The molecule has 0 aromatic heterocycles. The Kier molecular flexibility index (Phi) is 55.6. The summed E-state index contributed by atoms with van der Waals surface area (Å²) in [5.41, 5.74) is 0. The van der Waals surface area contributed by atoms with E-state index in [4.69, 9.17) is 0 Å². The van der Waals surface area contributed by atoms with Crippen molar-refractivity contribution in [2.45, 2.75) is 289 Å². The number of cyclic esters (lactones) is 1. The minimum absolute atomic E-state index is 0. The largest absolute Gasteiger partial charge is 0.449 e. The third kappa shape index (κ3) is 34.3. The van der Waals surface area contributed by atoms with E-state index in [1.807, 2.05) is 88.0 Å². The highest BCUT2D eigenvalue weighted by Crippen LogP contribution is 2.17. The summed E-state index contributed by atoms with van der Waals surface area (Å²) in [5.74, 6) is 0.0139. The molecule has 0 radical (unpaired) electrons. The zero-order valence-electron chi connectivity index (χ0n) is 52.1. The highest BCUT2D eigenvalue weighted by molar-refractivity contribution is 6.02. The Hall–Kier alpha value is -7.06. The van der Waals surface area contributed by atoms with E-state index in [0.29, 0.717) is 82.9 Å². The van der Waals surface area contributed by atoms with Crippen molar-refractivity contribution >= 4 is 83.4 Å². The van der Waals surface area contributed by atoms with Crippen molar-refractivity contribution in [3.8, 4) is 0 Å². The van der Waals surface area contributed by atoms with Gasteiger partial charge in [-0.25, -0.2) is 19.5 Å². The van der Waals surface area contributed by atoms with Gasteiger partial charge in [0.2, 0.25) is 65.0 Å². The molecule has 0 bridgehead atoms. The first-order chi connectivity index (χ1) is 38.8. The van der Waals surface area contributed by atoms with E-state index in [1.54, 1.807) is 25.1 Å². The highest BCUT2D eigenvalue weighted by atomic mass is 16.6. The number of likely N-dealkylation sites (tertiary alicyclic amines) is 3. The summed E-state index contributed by atoms with van der Waals surface area (Å²) in [6, 6.07) is 0.414. The lowest BCUT2D eigenvalue weighted by molar-refractivity contribution is -0.151. The van der Waals surface area contributed by atoms with E-state index in [0.717, 1.165) is 30.7 Å². The van der Waals surface area contributed by atoms with E-state index in [-0.39, 0.29) is 187 Å². The SMILES string of the molecule is C.C.C.C.C.C.C.C.CC(C)N1C(=O)CCC1=O.CC(C)N1C(=O)CCCC1=O.CC(C)N1C(=O)CCNC1=O.CC(C)N1C(=O)CCOC1=O.CC(C)N1C(=O)CNCC1=O.CC(C)N1C=NCCC1=O.CC(C)N1CCCC1=O.CC(C)N1N=NCCC1=O. The summed E-state index contributed by atoms with van der Waals surface area (Å²) in [6.45, 7) is 33.6. The summed E-state index contributed by atoms with van der Waals surface area (Å²) in [4.78, 5) is 158. The minimum atomic E-state index is -0.517. The molecule has 91 heavy (non-hydrogen) atoms. The Bertz CT molecular complexity index is 2020. The molecule has 0 aliphatic carbocycles. The fraction of sp³-hybridized carbons (Fsp3) is 0.781. The fourth-order valence-electron chi connectivity index (χ4n) is 8.76. The number of piperazine rings is 1. The molecule has 0 atom stereocenters. The van der Waals surface area contributed by atoms with E-state index < -0.39 is 6.09 Å². The third-order valence-corrected chi connectivity index (χ3v) is 12.8. The normalized spacial score (nSPS) is 17.6. The van der Waals surface area contributed by atoms with Crippen molar-refractivity contribution in [2.75, 3.05) is 45.9 Å². The van der Waals surface area contributed by atoms with Gasteiger partial charge in [-0.3, -0.25) is 82.6 Å². The van der Waals surface area contributed by atoms with Crippen LogP contribution in [0.1, 0.15) is 241 Å². The van der Waals surface area contributed by atoms with Crippen molar-refractivity contribution in [1.29, 1.82) is 0 Å². The van der Waals surface area contributed by atoms with Gasteiger partial charge in [-0.1, -0.05) is 64.6 Å². The van der Waals surface area contributed by atoms with E-state index in [2.05, 4.69) is 44.5 Å². The first-order valence-corrected chi connectivity index (χ1v) is 28.9. The molecule has 8 aliphatic rings. The maximum Gasteiger partial charge on any atom is 0.416 e. The average Bonchev–Trinajstić information content (AvgIpc) is 4.18. The number of hydrogen-bond acceptors (Lipinski definition) is 18. The molecular weight excluding hydrogens is 1170 g/mol. The minimum Gasteiger partial charge on any atom is -0.449 e. The number of nitrogens with one attached hydrogen (secondary N) is 2. The van der Waals surface area contributed by atoms with E-state index in [9.17, 15) is 62.3 Å². The van der Waals surface area contributed by atoms with E-state index >= 15 is 0 Å². The summed E-state index contributed by atoms with van der Waals surface area (Å²) < 4.78 is 4.69. The van der Waals surface area contributed by atoms with Crippen molar-refractivity contribution in [2.24, 2.45) is 15.3 Å². The maximum atomic E-state index is 11.2. The molecule has 8 rings (SSSR count). The van der Waals surface area contributed by atoms with Crippen LogP contribution in [0.5, 0.6) is 0 Å². The van der Waals surface area contributed by atoms with Crippen LogP contribution in [0.2, 0.25) is 0 Å². The molecule has 8 aliphatic heterocycles. The molecular formula is C64H127N13O14. The number of ether oxygens (including phenoxy) is 1. The number of rotatable bonds is 8. The lowest BCUT2D eigenvalue weighted by Gasteiger charge is -2.28. The molecule has 0 spiro atoms. The molecule has 27 nitrogen and oxygen atoms in total. The number of piperidine rings is 1. The molecule has 0 unspecified atom stereocenters. The van der Waals surface area contributed by atoms with Gasteiger partial charge in [0.1, 0.15) is 6.61 Å². The van der Waals surface area contributed by atoms with Crippen molar-refractivity contribution in [1.82, 2.24) is 49.9 Å². The van der Waals surface area contributed by atoms with Gasteiger partial charge in [0.15, 0.2) is 0 Å². The monoisotopic (exact) mass is 1300 g/mol. The molecule has 2 N–H and O–H groups in total. The standard InChI is InChI=1S/C8H13NO2.2C7H12N2O2.C7H12N2O.C7H11NO3.C7H11NO2.C7H13NO.C6H11N3O.8CH4/c1-6(2)9-7(10)4-3-5-8(9)11;1-5(2)9-6(10)3-8-4-7(9)11;1-5(2)9-6(10)3-4-8-7(9)11;1-6(2)9-5-8-4-3-7(9)10;1-5(2)8-6(9)3-4-11-7(8)10;1-5(2)8-6(9)3-4-7(8)10;1-6(2)8-5-3-4-7(8)9;1-5(2)9-6(10)3-4-7-8-9;;;;;;;;/h6H,3-5H2,1-2H3;5,8H,3-4H2,1-2H3;5H,3-4H2,1-2H3,(H,8,11);5-6H,3-4H2,1-2H3;5H,3-4H2,1-2H3;5H,3-4H2,1-2H3;6H,3-5H2,1-2H3;5H,3-4H2,1-2H3;8*1H4. The van der Waals surface area contributed by atoms with Crippen molar-refractivity contribution < 1.29 is 67.1 Å². The molecule has 6 fully saturated rings. The van der Waals surface area contributed by atoms with Crippen LogP contribution in [0.25, 0.3) is 0 Å². The average molecular weight is 1300 g/mol. The molecule has 0 aromatic carbocycles. The number of imide groups is 5. The predicted molar refractivity (Wildman–Crippen MR) is 361 cm³/mol. The number of carbonyl (C=O) groups is 13. The number of amides is 14.